The largest absolute Gasteiger partial charge is 0.376 e. The van der Waals surface area contributed by atoms with Crippen LogP contribution in [-0.4, -0.2) is 42.8 Å². The zero-order chi connectivity index (χ0) is 9.90. The zero-order valence-corrected chi connectivity index (χ0v) is 9.05. The maximum absolute atomic E-state index is 5.97. The first-order valence-electron chi connectivity index (χ1n) is 5.14. The molecule has 1 unspecified atom stereocenters. The second kappa shape index (κ2) is 4.40. The van der Waals surface area contributed by atoms with Crippen molar-refractivity contribution in [2.24, 2.45) is 5.73 Å². The molecule has 0 aromatic heterocycles. The summed E-state index contributed by atoms with van der Waals surface area (Å²) in [6, 6.07) is 0. The van der Waals surface area contributed by atoms with E-state index in [-0.39, 0.29) is 5.54 Å². The molecule has 0 aromatic carbocycles. The quantitative estimate of drug-likeness (QED) is 0.709. The molecule has 1 saturated heterocycles. The predicted octanol–water partition coefficient (Wildman–Crippen LogP) is 0.835. The van der Waals surface area contributed by atoms with Crippen molar-refractivity contribution in [3.8, 4) is 0 Å². The van der Waals surface area contributed by atoms with Crippen molar-refractivity contribution in [3.63, 3.8) is 0 Å². The summed E-state index contributed by atoms with van der Waals surface area (Å²) < 4.78 is 5.59. The standard InChI is InChI=1S/C10H22N2O/c1-4-9-7-12(5-6-13-9)8-10(2,3)11/h9H,4-8,11H2,1-3H3. The maximum atomic E-state index is 5.97. The minimum atomic E-state index is -0.0877. The fraction of sp³-hybridized carbons (Fsp3) is 1.00. The third-order valence-electron chi connectivity index (χ3n) is 2.31. The lowest BCUT2D eigenvalue weighted by atomic mass is 10.1. The van der Waals surface area contributed by atoms with Crippen molar-refractivity contribution in [1.29, 1.82) is 0 Å². The predicted molar refractivity (Wildman–Crippen MR) is 54.7 cm³/mol. The summed E-state index contributed by atoms with van der Waals surface area (Å²) in [7, 11) is 0. The van der Waals surface area contributed by atoms with E-state index in [0.717, 1.165) is 32.7 Å². The Morgan fingerprint density at radius 3 is 2.77 bits per heavy atom. The van der Waals surface area contributed by atoms with Crippen LogP contribution in [-0.2, 0) is 4.74 Å². The van der Waals surface area contributed by atoms with Gasteiger partial charge in [-0.15, -0.1) is 0 Å². The first kappa shape index (κ1) is 11.0. The Bertz CT molecular complexity index is 153. The van der Waals surface area contributed by atoms with Crippen LogP contribution in [0.3, 0.4) is 0 Å². The SMILES string of the molecule is CCC1CN(CC(C)(C)N)CCO1. The molecule has 78 valence electrons. The molecule has 3 nitrogen and oxygen atoms in total. The monoisotopic (exact) mass is 186 g/mol. The van der Waals surface area contributed by atoms with Crippen LogP contribution in [0.15, 0.2) is 0 Å². The van der Waals surface area contributed by atoms with Crippen LogP contribution < -0.4 is 5.73 Å². The summed E-state index contributed by atoms with van der Waals surface area (Å²) in [6.45, 7) is 10.2. The molecule has 1 fully saturated rings. The molecule has 1 aliphatic heterocycles. The lowest BCUT2D eigenvalue weighted by Gasteiger charge is -2.36. The van der Waals surface area contributed by atoms with Gasteiger partial charge in [0.2, 0.25) is 0 Å². The van der Waals surface area contributed by atoms with E-state index >= 15 is 0 Å². The highest BCUT2D eigenvalue weighted by atomic mass is 16.5. The van der Waals surface area contributed by atoms with Crippen molar-refractivity contribution in [2.45, 2.75) is 38.8 Å². The van der Waals surface area contributed by atoms with Crippen molar-refractivity contribution in [1.82, 2.24) is 4.90 Å². The number of ether oxygens (including phenoxy) is 1. The molecule has 2 N–H and O–H groups in total. The Morgan fingerprint density at radius 2 is 2.23 bits per heavy atom. The maximum Gasteiger partial charge on any atom is 0.0700 e. The highest BCUT2D eigenvalue weighted by Crippen LogP contribution is 2.10. The molecule has 0 saturated carbocycles. The van der Waals surface area contributed by atoms with Crippen LogP contribution in [0.4, 0.5) is 0 Å². The number of hydrogen-bond acceptors (Lipinski definition) is 3. The topological polar surface area (TPSA) is 38.5 Å². The number of nitrogens with two attached hydrogens (primary N) is 1. The van der Waals surface area contributed by atoms with Gasteiger partial charge in [-0.1, -0.05) is 6.92 Å². The van der Waals surface area contributed by atoms with Crippen molar-refractivity contribution < 1.29 is 4.74 Å². The van der Waals surface area contributed by atoms with Crippen LogP contribution in [0.2, 0.25) is 0 Å². The van der Waals surface area contributed by atoms with Gasteiger partial charge in [-0.25, -0.2) is 0 Å². The van der Waals surface area contributed by atoms with E-state index in [4.69, 9.17) is 10.5 Å². The van der Waals surface area contributed by atoms with Crippen LogP contribution >= 0.6 is 0 Å². The molecular formula is C10H22N2O. The fourth-order valence-corrected chi connectivity index (χ4v) is 1.75. The molecule has 1 aliphatic rings. The van der Waals surface area contributed by atoms with Gasteiger partial charge >= 0.3 is 0 Å². The average molecular weight is 186 g/mol. The van der Waals surface area contributed by atoms with Crippen LogP contribution in [0.5, 0.6) is 0 Å². The minimum Gasteiger partial charge on any atom is -0.376 e. The van der Waals surface area contributed by atoms with Crippen molar-refractivity contribution >= 4 is 0 Å². The van der Waals surface area contributed by atoms with Gasteiger partial charge in [-0.05, 0) is 20.3 Å². The fourth-order valence-electron chi connectivity index (χ4n) is 1.75. The van der Waals surface area contributed by atoms with Gasteiger partial charge in [0.05, 0.1) is 12.7 Å². The Hall–Kier alpha value is -0.120. The third-order valence-corrected chi connectivity index (χ3v) is 2.31. The Morgan fingerprint density at radius 1 is 1.54 bits per heavy atom. The molecule has 0 aromatic rings. The van der Waals surface area contributed by atoms with Crippen molar-refractivity contribution in [2.75, 3.05) is 26.2 Å². The zero-order valence-electron chi connectivity index (χ0n) is 9.05. The van der Waals surface area contributed by atoms with Gasteiger partial charge in [0.1, 0.15) is 0 Å². The minimum absolute atomic E-state index is 0.0877. The molecular weight excluding hydrogens is 164 g/mol. The number of morpholine rings is 1. The summed E-state index contributed by atoms with van der Waals surface area (Å²) >= 11 is 0. The summed E-state index contributed by atoms with van der Waals surface area (Å²) in [5, 5.41) is 0. The third kappa shape index (κ3) is 4.07. The second-order valence-corrected chi connectivity index (χ2v) is 4.62. The van der Waals surface area contributed by atoms with E-state index in [0.29, 0.717) is 6.10 Å². The number of nitrogens with zero attached hydrogens (tertiary/aromatic N) is 1. The van der Waals surface area contributed by atoms with E-state index in [1.165, 1.54) is 0 Å². The first-order chi connectivity index (χ1) is 6.01. The summed E-state index contributed by atoms with van der Waals surface area (Å²) in [6.07, 6.45) is 1.51. The molecule has 3 heteroatoms. The van der Waals surface area contributed by atoms with Crippen molar-refractivity contribution in [3.05, 3.63) is 0 Å². The molecule has 0 radical (unpaired) electrons. The Kier molecular flexibility index (Phi) is 3.71. The van der Waals surface area contributed by atoms with E-state index in [1.54, 1.807) is 0 Å². The van der Waals surface area contributed by atoms with Crippen LogP contribution in [0, 0.1) is 0 Å². The molecule has 1 heterocycles. The molecule has 1 rings (SSSR count). The van der Waals surface area contributed by atoms with Crippen LogP contribution in [0.1, 0.15) is 27.2 Å². The molecule has 0 amide bonds. The Balaban J connectivity index is 2.34. The summed E-state index contributed by atoms with van der Waals surface area (Å²) in [5.41, 5.74) is 5.88. The smallest absolute Gasteiger partial charge is 0.0700 e. The van der Waals surface area contributed by atoms with Gasteiger partial charge in [0, 0.05) is 25.2 Å². The molecule has 0 aliphatic carbocycles. The summed E-state index contributed by atoms with van der Waals surface area (Å²) in [4.78, 5) is 2.40. The Labute approximate surface area is 81.2 Å². The van der Waals surface area contributed by atoms with E-state index < -0.39 is 0 Å². The second-order valence-electron chi connectivity index (χ2n) is 4.62. The van der Waals surface area contributed by atoms with Crippen LogP contribution in [0.25, 0.3) is 0 Å². The normalized spacial score (nSPS) is 26.3. The van der Waals surface area contributed by atoms with Gasteiger partial charge in [0.25, 0.3) is 0 Å². The van der Waals surface area contributed by atoms with E-state index in [2.05, 4.69) is 25.7 Å². The lowest BCUT2D eigenvalue weighted by molar-refractivity contribution is -0.0342. The first-order valence-corrected chi connectivity index (χ1v) is 5.14. The molecule has 0 bridgehead atoms. The highest BCUT2D eigenvalue weighted by Gasteiger charge is 2.23. The van der Waals surface area contributed by atoms with Gasteiger partial charge in [-0.2, -0.15) is 0 Å². The summed E-state index contributed by atoms with van der Waals surface area (Å²) in [5.74, 6) is 0. The molecule has 13 heavy (non-hydrogen) atoms. The number of hydrogen-bond donors (Lipinski definition) is 1. The van der Waals surface area contributed by atoms with Gasteiger partial charge in [0.15, 0.2) is 0 Å². The highest BCUT2D eigenvalue weighted by molar-refractivity contribution is 4.80. The molecule has 1 atom stereocenters. The molecule has 0 spiro atoms. The van der Waals surface area contributed by atoms with Gasteiger partial charge < -0.3 is 10.5 Å². The average Bonchev–Trinajstić information content (AvgIpc) is 2.01. The van der Waals surface area contributed by atoms with E-state index in [9.17, 15) is 0 Å². The lowest BCUT2D eigenvalue weighted by Crippen LogP contribution is -2.51. The number of rotatable bonds is 3. The van der Waals surface area contributed by atoms with Gasteiger partial charge in [-0.3, -0.25) is 4.90 Å². The van der Waals surface area contributed by atoms with E-state index in [1.807, 2.05) is 0 Å².